The van der Waals surface area contributed by atoms with E-state index in [1.54, 1.807) is 19.2 Å². The Balaban J connectivity index is 2.09. The highest BCUT2D eigenvalue weighted by molar-refractivity contribution is 5.31. The van der Waals surface area contributed by atoms with Gasteiger partial charge in [0.05, 0.1) is 7.11 Å². The molecule has 1 unspecified atom stereocenters. The molecule has 0 saturated carbocycles. The van der Waals surface area contributed by atoms with Crippen LogP contribution in [0.2, 0.25) is 0 Å². The second kappa shape index (κ2) is 7.23. The lowest BCUT2D eigenvalue weighted by atomic mass is 9.98. The fourth-order valence-electron chi connectivity index (χ4n) is 2.55. The predicted molar refractivity (Wildman–Crippen MR) is 84.3 cm³/mol. The lowest BCUT2D eigenvalue weighted by molar-refractivity contribution is 0.409. The Morgan fingerprint density at radius 2 is 2.00 bits per heavy atom. The van der Waals surface area contributed by atoms with Gasteiger partial charge in [0.1, 0.15) is 11.6 Å². The molecule has 2 aromatic carbocycles. The topological polar surface area (TPSA) is 21.3 Å². The first-order valence-electron chi connectivity index (χ1n) is 7.20. The van der Waals surface area contributed by atoms with Gasteiger partial charge in [-0.15, -0.1) is 0 Å². The summed E-state index contributed by atoms with van der Waals surface area (Å²) in [7, 11) is 3.41. The summed E-state index contributed by atoms with van der Waals surface area (Å²) in [5.41, 5.74) is 3.22. The van der Waals surface area contributed by atoms with Gasteiger partial charge < -0.3 is 10.1 Å². The van der Waals surface area contributed by atoms with Gasteiger partial charge in [-0.3, -0.25) is 0 Å². The number of ether oxygens (including phenoxy) is 1. The van der Waals surface area contributed by atoms with Crippen LogP contribution in [0.5, 0.6) is 5.75 Å². The summed E-state index contributed by atoms with van der Waals surface area (Å²) in [6.07, 6.45) is 1.77. The smallest absolute Gasteiger partial charge is 0.131 e. The second-order valence-corrected chi connectivity index (χ2v) is 5.26. The van der Waals surface area contributed by atoms with E-state index in [9.17, 15) is 4.39 Å². The zero-order chi connectivity index (χ0) is 15.2. The van der Waals surface area contributed by atoms with Crippen LogP contribution in [-0.2, 0) is 6.42 Å². The third kappa shape index (κ3) is 4.05. The number of hydrogen-bond donors (Lipinski definition) is 1. The van der Waals surface area contributed by atoms with Crippen molar-refractivity contribution in [2.45, 2.75) is 25.8 Å². The van der Waals surface area contributed by atoms with Crippen LogP contribution in [-0.4, -0.2) is 14.2 Å². The quantitative estimate of drug-likeness (QED) is 0.866. The van der Waals surface area contributed by atoms with E-state index in [0.717, 1.165) is 12.8 Å². The van der Waals surface area contributed by atoms with Crippen LogP contribution < -0.4 is 10.1 Å². The van der Waals surface area contributed by atoms with Crippen LogP contribution in [0.1, 0.15) is 29.2 Å². The van der Waals surface area contributed by atoms with Crippen molar-refractivity contribution >= 4 is 0 Å². The minimum absolute atomic E-state index is 0.00332. The molecule has 1 N–H and O–H groups in total. The fourth-order valence-corrected chi connectivity index (χ4v) is 2.55. The molecule has 0 aromatic heterocycles. The highest BCUT2D eigenvalue weighted by Gasteiger charge is 2.14. The molecule has 112 valence electrons. The Bertz CT molecular complexity index is 598. The van der Waals surface area contributed by atoms with Gasteiger partial charge in [0, 0.05) is 17.7 Å². The van der Waals surface area contributed by atoms with Crippen LogP contribution in [0, 0.1) is 12.7 Å². The largest absolute Gasteiger partial charge is 0.497 e. The molecule has 0 saturated heterocycles. The summed E-state index contributed by atoms with van der Waals surface area (Å²) in [6, 6.07) is 13.5. The fraction of sp³-hybridized carbons (Fsp3) is 0.333. The molecule has 0 radical (unpaired) electrons. The first kappa shape index (κ1) is 15.5. The van der Waals surface area contributed by atoms with E-state index >= 15 is 0 Å². The van der Waals surface area contributed by atoms with Gasteiger partial charge in [-0.25, -0.2) is 4.39 Å². The molecule has 0 aliphatic heterocycles. The third-order valence-electron chi connectivity index (χ3n) is 3.74. The molecule has 2 nitrogen and oxygen atoms in total. The predicted octanol–water partition coefficient (Wildman–Crippen LogP) is 4.04. The summed E-state index contributed by atoms with van der Waals surface area (Å²) in [4.78, 5) is 0. The molecule has 0 aliphatic carbocycles. The monoisotopic (exact) mass is 287 g/mol. The van der Waals surface area contributed by atoms with E-state index in [2.05, 4.69) is 36.5 Å². The van der Waals surface area contributed by atoms with E-state index in [4.69, 9.17) is 4.74 Å². The molecule has 2 rings (SSSR count). The Labute approximate surface area is 126 Å². The van der Waals surface area contributed by atoms with Crippen molar-refractivity contribution in [1.82, 2.24) is 5.32 Å². The standard InChI is InChI=1S/C18H22FNO/c1-13-5-4-6-14(11-13)7-10-18(20-2)16-9-8-15(21-3)12-17(16)19/h4-6,8-9,11-12,18,20H,7,10H2,1-3H3. The van der Waals surface area contributed by atoms with Crippen molar-refractivity contribution in [2.75, 3.05) is 14.2 Å². The Morgan fingerprint density at radius 3 is 2.62 bits per heavy atom. The molecule has 0 bridgehead atoms. The summed E-state index contributed by atoms with van der Waals surface area (Å²) in [5.74, 6) is 0.322. The van der Waals surface area contributed by atoms with Gasteiger partial charge in [-0.2, -0.15) is 0 Å². The first-order valence-corrected chi connectivity index (χ1v) is 7.20. The molecule has 2 aromatic rings. The number of benzene rings is 2. The summed E-state index contributed by atoms with van der Waals surface area (Å²) in [6.45, 7) is 2.09. The first-order chi connectivity index (χ1) is 10.1. The molecule has 0 heterocycles. The van der Waals surface area contributed by atoms with Crippen molar-refractivity contribution in [1.29, 1.82) is 0 Å². The number of methoxy groups -OCH3 is 1. The number of hydrogen-bond acceptors (Lipinski definition) is 2. The van der Waals surface area contributed by atoms with Gasteiger partial charge in [-0.1, -0.05) is 35.9 Å². The molecule has 3 heteroatoms. The van der Waals surface area contributed by atoms with Crippen LogP contribution >= 0.6 is 0 Å². The number of rotatable bonds is 6. The van der Waals surface area contributed by atoms with Crippen LogP contribution in [0.25, 0.3) is 0 Å². The highest BCUT2D eigenvalue weighted by atomic mass is 19.1. The van der Waals surface area contributed by atoms with Crippen LogP contribution in [0.3, 0.4) is 0 Å². The lowest BCUT2D eigenvalue weighted by Gasteiger charge is -2.18. The van der Waals surface area contributed by atoms with Crippen molar-refractivity contribution < 1.29 is 9.13 Å². The zero-order valence-corrected chi connectivity index (χ0v) is 12.8. The number of nitrogens with one attached hydrogen (secondary N) is 1. The lowest BCUT2D eigenvalue weighted by Crippen LogP contribution is -2.18. The van der Waals surface area contributed by atoms with Gasteiger partial charge in [0.25, 0.3) is 0 Å². The van der Waals surface area contributed by atoms with Crippen LogP contribution in [0.15, 0.2) is 42.5 Å². The molecule has 0 amide bonds. The maximum atomic E-state index is 14.1. The maximum absolute atomic E-state index is 14.1. The molecule has 0 fully saturated rings. The van der Waals surface area contributed by atoms with Gasteiger partial charge in [0.15, 0.2) is 0 Å². The molecule has 21 heavy (non-hydrogen) atoms. The minimum atomic E-state index is -0.224. The Morgan fingerprint density at radius 1 is 1.19 bits per heavy atom. The Hall–Kier alpha value is -1.87. The van der Waals surface area contributed by atoms with Crippen molar-refractivity contribution in [3.05, 3.63) is 65.0 Å². The van der Waals surface area contributed by atoms with E-state index in [-0.39, 0.29) is 11.9 Å². The second-order valence-electron chi connectivity index (χ2n) is 5.26. The van der Waals surface area contributed by atoms with Gasteiger partial charge in [-0.05, 0) is 38.4 Å². The normalized spacial score (nSPS) is 12.2. The Kier molecular flexibility index (Phi) is 5.34. The van der Waals surface area contributed by atoms with Crippen molar-refractivity contribution in [2.24, 2.45) is 0 Å². The average molecular weight is 287 g/mol. The molecule has 0 aliphatic rings. The highest BCUT2D eigenvalue weighted by Crippen LogP contribution is 2.25. The number of halogens is 1. The van der Waals surface area contributed by atoms with Crippen LogP contribution in [0.4, 0.5) is 4.39 Å². The maximum Gasteiger partial charge on any atom is 0.131 e. The SMILES string of the molecule is CNC(CCc1cccc(C)c1)c1ccc(OC)cc1F. The van der Waals surface area contributed by atoms with Crippen molar-refractivity contribution in [3.63, 3.8) is 0 Å². The summed E-state index contributed by atoms with van der Waals surface area (Å²) < 4.78 is 19.2. The van der Waals surface area contributed by atoms with Gasteiger partial charge in [0.2, 0.25) is 0 Å². The van der Waals surface area contributed by atoms with E-state index in [1.165, 1.54) is 17.2 Å². The molecule has 0 spiro atoms. The molecular formula is C18H22FNO. The van der Waals surface area contributed by atoms with E-state index in [0.29, 0.717) is 11.3 Å². The van der Waals surface area contributed by atoms with E-state index < -0.39 is 0 Å². The van der Waals surface area contributed by atoms with Crippen molar-refractivity contribution in [3.8, 4) is 5.75 Å². The minimum Gasteiger partial charge on any atom is -0.497 e. The summed E-state index contributed by atoms with van der Waals surface area (Å²) in [5, 5.41) is 3.20. The number of aryl methyl sites for hydroxylation is 2. The van der Waals surface area contributed by atoms with E-state index in [1.807, 2.05) is 7.05 Å². The molecular weight excluding hydrogens is 265 g/mol. The summed E-state index contributed by atoms with van der Waals surface area (Å²) >= 11 is 0. The van der Waals surface area contributed by atoms with Gasteiger partial charge >= 0.3 is 0 Å². The third-order valence-corrected chi connectivity index (χ3v) is 3.74. The zero-order valence-electron chi connectivity index (χ0n) is 12.8. The average Bonchev–Trinajstić information content (AvgIpc) is 2.49. The molecule has 1 atom stereocenters.